The largest absolute Gasteiger partial charge is 0.394 e. The van der Waals surface area contributed by atoms with Gasteiger partial charge < -0.3 is 10.4 Å². The Morgan fingerprint density at radius 2 is 2.12 bits per heavy atom. The lowest BCUT2D eigenvalue weighted by molar-refractivity contribution is 0.272. The van der Waals surface area contributed by atoms with Crippen LogP contribution in [0, 0.1) is 0 Å². The third-order valence-electron chi connectivity index (χ3n) is 2.60. The summed E-state index contributed by atoms with van der Waals surface area (Å²) in [4.78, 5) is 5.46. The second-order valence-corrected chi connectivity index (χ2v) is 4.86. The fraction of sp³-hybridized carbons (Fsp3) is 0.308. The first-order valence-electron chi connectivity index (χ1n) is 5.72. The monoisotopic (exact) mass is 248 g/mol. The highest BCUT2D eigenvalue weighted by Gasteiger charge is 2.08. The van der Waals surface area contributed by atoms with Gasteiger partial charge in [0.1, 0.15) is 0 Å². The molecule has 1 aromatic carbocycles. The fourth-order valence-corrected chi connectivity index (χ4v) is 2.43. The molecule has 0 aliphatic rings. The van der Waals surface area contributed by atoms with Crippen LogP contribution in [0.25, 0.3) is 10.4 Å². The van der Waals surface area contributed by atoms with E-state index in [0.29, 0.717) is 0 Å². The lowest BCUT2D eigenvalue weighted by Crippen LogP contribution is -2.22. The van der Waals surface area contributed by atoms with Crippen molar-refractivity contribution in [2.24, 2.45) is 0 Å². The molecule has 2 aromatic rings. The molecular weight excluding hydrogens is 232 g/mol. The van der Waals surface area contributed by atoms with Crippen molar-refractivity contribution in [2.75, 3.05) is 11.9 Å². The molecule has 1 aromatic heterocycles. The van der Waals surface area contributed by atoms with Crippen LogP contribution in [0.15, 0.2) is 36.5 Å². The molecule has 4 heteroatoms. The van der Waals surface area contributed by atoms with Crippen molar-refractivity contribution in [1.82, 2.24) is 4.98 Å². The number of hydrogen-bond acceptors (Lipinski definition) is 4. The molecule has 0 spiro atoms. The van der Waals surface area contributed by atoms with Crippen molar-refractivity contribution in [2.45, 2.75) is 19.4 Å². The maximum Gasteiger partial charge on any atom is 0.183 e. The van der Waals surface area contributed by atoms with Gasteiger partial charge in [-0.25, -0.2) is 4.98 Å². The van der Waals surface area contributed by atoms with Gasteiger partial charge in [-0.1, -0.05) is 48.6 Å². The van der Waals surface area contributed by atoms with Crippen molar-refractivity contribution in [3.63, 3.8) is 0 Å². The first-order chi connectivity index (χ1) is 8.33. The van der Waals surface area contributed by atoms with Gasteiger partial charge in [0.05, 0.1) is 17.5 Å². The predicted molar refractivity (Wildman–Crippen MR) is 72.3 cm³/mol. The molecular formula is C13H16N2OS. The van der Waals surface area contributed by atoms with Crippen LogP contribution in [-0.2, 0) is 0 Å². The minimum Gasteiger partial charge on any atom is -0.394 e. The highest BCUT2D eigenvalue weighted by atomic mass is 32.1. The van der Waals surface area contributed by atoms with Crippen LogP contribution >= 0.6 is 11.3 Å². The quantitative estimate of drug-likeness (QED) is 0.855. The Morgan fingerprint density at radius 1 is 1.35 bits per heavy atom. The first kappa shape index (κ1) is 12.1. The van der Waals surface area contributed by atoms with Crippen molar-refractivity contribution in [3.05, 3.63) is 36.5 Å². The number of thiazole rings is 1. The van der Waals surface area contributed by atoms with E-state index in [1.807, 2.05) is 31.3 Å². The molecule has 0 unspecified atom stereocenters. The summed E-state index contributed by atoms with van der Waals surface area (Å²) in [6.45, 7) is 2.18. The van der Waals surface area contributed by atoms with Gasteiger partial charge >= 0.3 is 0 Å². The normalized spacial score (nSPS) is 12.4. The zero-order chi connectivity index (χ0) is 12.1. The second-order valence-electron chi connectivity index (χ2n) is 3.83. The van der Waals surface area contributed by atoms with Crippen LogP contribution in [-0.4, -0.2) is 22.7 Å². The molecule has 0 fully saturated rings. The molecule has 0 aliphatic carbocycles. The van der Waals surface area contributed by atoms with Gasteiger partial charge in [-0.2, -0.15) is 0 Å². The van der Waals surface area contributed by atoms with E-state index in [2.05, 4.69) is 22.4 Å². The first-order valence-corrected chi connectivity index (χ1v) is 6.53. The minimum absolute atomic E-state index is 0.0878. The Morgan fingerprint density at radius 3 is 2.76 bits per heavy atom. The molecule has 2 rings (SSSR count). The number of hydrogen-bond donors (Lipinski definition) is 2. The van der Waals surface area contributed by atoms with Crippen LogP contribution < -0.4 is 5.32 Å². The fourth-order valence-electron chi connectivity index (χ4n) is 1.53. The summed E-state index contributed by atoms with van der Waals surface area (Å²) in [6.07, 6.45) is 2.75. The standard InChI is InChI=1S/C13H16N2OS/c1-2-11(9-16)15-13-14-8-12(17-13)10-6-4-3-5-7-10/h3-8,11,16H,2,9H2,1H3,(H,14,15)/t11-/m0/s1. The van der Waals surface area contributed by atoms with E-state index in [1.54, 1.807) is 11.3 Å². The van der Waals surface area contributed by atoms with Crippen LogP contribution in [0.2, 0.25) is 0 Å². The number of aromatic nitrogens is 1. The van der Waals surface area contributed by atoms with E-state index in [0.717, 1.165) is 16.4 Å². The third-order valence-corrected chi connectivity index (χ3v) is 3.58. The van der Waals surface area contributed by atoms with Crippen LogP contribution in [0.5, 0.6) is 0 Å². The zero-order valence-corrected chi connectivity index (χ0v) is 10.6. The highest BCUT2D eigenvalue weighted by Crippen LogP contribution is 2.28. The van der Waals surface area contributed by atoms with E-state index < -0.39 is 0 Å². The molecule has 3 nitrogen and oxygen atoms in total. The van der Waals surface area contributed by atoms with Gasteiger partial charge in [0.2, 0.25) is 0 Å². The average Bonchev–Trinajstić information content (AvgIpc) is 2.85. The summed E-state index contributed by atoms with van der Waals surface area (Å²) in [5.74, 6) is 0. The Balaban J connectivity index is 2.11. The van der Waals surface area contributed by atoms with Crippen LogP contribution in [0.3, 0.4) is 0 Å². The van der Waals surface area contributed by atoms with Gasteiger partial charge in [-0.05, 0) is 12.0 Å². The summed E-state index contributed by atoms with van der Waals surface area (Å²) < 4.78 is 0. The van der Waals surface area contributed by atoms with Gasteiger partial charge in [0.15, 0.2) is 5.13 Å². The molecule has 0 aliphatic heterocycles. The lowest BCUT2D eigenvalue weighted by Gasteiger charge is -2.11. The Bertz CT molecular complexity index is 451. The Hall–Kier alpha value is -1.39. The molecule has 0 saturated heterocycles. The van der Waals surface area contributed by atoms with E-state index in [1.165, 1.54) is 5.56 Å². The van der Waals surface area contributed by atoms with Gasteiger partial charge in [0, 0.05) is 6.20 Å². The molecule has 17 heavy (non-hydrogen) atoms. The molecule has 0 bridgehead atoms. The maximum atomic E-state index is 9.13. The van der Waals surface area contributed by atoms with Gasteiger partial charge in [-0.15, -0.1) is 0 Å². The molecule has 2 N–H and O–H groups in total. The summed E-state index contributed by atoms with van der Waals surface area (Å²) in [6, 6.07) is 10.3. The molecule has 0 radical (unpaired) electrons. The molecule has 0 amide bonds. The van der Waals surface area contributed by atoms with Crippen molar-refractivity contribution in [3.8, 4) is 10.4 Å². The molecule has 1 heterocycles. The van der Waals surface area contributed by atoms with Crippen molar-refractivity contribution >= 4 is 16.5 Å². The van der Waals surface area contributed by atoms with Crippen molar-refractivity contribution < 1.29 is 5.11 Å². The van der Waals surface area contributed by atoms with E-state index in [9.17, 15) is 0 Å². The number of aliphatic hydroxyl groups excluding tert-OH is 1. The molecule has 1 atom stereocenters. The predicted octanol–water partition coefficient (Wildman–Crippen LogP) is 2.99. The van der Waals surface area contributed by atoms with Crippen LogP contribution in [0.4, 0.5) is 5.13 Å². The number of aliphatic hydroxyl groups is 1. The summed E-state index contributed by atoms with van der Waals surface area (Å²) in [5, 5.41) is 13.2. The minimum atomic E-state index is 0.0878. The molecule has 90 valence electrons. The van der Waals surface area contributed by atoms with Gasteiger partial charge in [-0.3, -0.25) is 0 Å². The second kappa shape index (κ2) is 5.80. The van der Waals surface area contributed by atoms with E-state index in [4.69, 9.17) is 5.11 Å². The SMILES string of the molecule is CC[C@@H](CO)Nc1ncc(-c2ccccc2)s1. The average molecular weight is 248 g/mol. The lowest BCUT2D eigenvalue weighted by atomic mass is 10.2. The summed E-state index contributed by atoms with van der Waals surface area (Å²) in [5.41, 5.74) is 1.18. The number of nitrogens with zero attached hydrogens (tertiary/aromatic N) is 1. The van der Waals surface area contributed by atoms with E-state index in [-0.39, 0.29) is 12.6 Å². The zero-order valence-electron chi connectivity index (χ0n) is 9.76. The summed E-state index contributed by atoms with van der Waals surface area (Å²) in [7, 11) is 0. The molecule has 0 saturated carbocycles. The number of benzene rings is 1. The summed E-state index contributed by atoms with van der Waals surface area (Å²) >= 11 is 1.61. The topological polar surface area (TPSA) is 45.1 Å². The van der Waals surface area contributed by atoms with Crippen molar-refractivity contribution in [1.29, 1.82) is 0 Å². The Labute approximate surface area is 105 Å². The number of nitrogens with one attached hydrogen (secondary N) is 1. The maximum absolute atomic E-state index is 9.13. The number of rotatable bonds is 5. The Kier molecular flexibility index (Phi) is 4.12. The van der Waals surface area contributed by atoms with E-state index >= 15 is 0 Å². The third kappa shape index (κ3) is 3.05. The van der Waals surface area contributed by atoms with Gasteiger partial charge in [0.25, 0.3) is 0 Å². The number of anilines is 1. The smallest absolute Gasteiger partial charge is 0.183 e. The van der Waals surface area contributed by atoms with Crippen LogP contribution in [0.1, 0.15) is 13.3 Å². The highest BCUT2D eigenvalue weighted by molar-refractivity contribution is 7.18.